The van der Waals surface area contributed by atoms with E-state index >= 15 is 0 Å². The van der Waals surface area contributed by atoms with Crippen molar-refractivity contribution in [3.63, 3.8) is 0 Å². The van der Waals surface area contributed by atoms with Crippen molar-refractivity contribution in [1.29, 1.82) is 0 Å². The normalized spacial score (nSPS) is 23.8. The molecule has 0 radical (unpaired) electrons. The average molecular weight is 346 g/mol. The predicted octanol–water partition coefficient (Wildman–Crippen LogP) is 3.68. The van der Waals surface area contributed by atoms with E-state index in [0.29, 0.717) is 11.5 Å². The van der Waals surface area contributed by atoms with Crippen LogP contribution in [0.25, 0.3) is 0 Å². The van der Waals surface area contributed by atoms with Gasteiger partial charge in [-0.3, -0.25) is 4.90 Å². The molecule has 5 heteroatoms. The van der Waals surface area contributed by atoms with Gasteiger partial charge in [0, 0.05) is 17.4 Å². The zero-order chi connectivity index (χ0) is 16.4. The molecule has 1 N–H and O–H groups in total. The van der Waals surface area contributed by atoms with E-state index in [1.165, 1.54) is 24.8 Å². The number of ether oxygens (including phenoxy) is 1. The Morgan fingerprint density at radius 1 is 1.25 bits per heavy atom. The van der Waals surface area contributed by atoms with Crippen molar-refractivity contribution in [3.8, 4) is 0 Å². The fourth-order valence-corrected chi connectivity index (χ4v) is 4.17. The first-order valence-corrected chi connectivity index (χ1v) is 9.15. The number of aromatic nitrogens is 2. The molecule has 1 aromatic heterocycles. The van der Waals surface area contributed by atoms with E-state index in [-0.39, 0.29) is 0 Å². The summed E-state index contributed by atoms with van der Waals surface area (Å²) in [6.07, 6.45) is 8.71. The third-order valence-electron chi connectivity index (χ3n) is 5.51. The van der Waals surface area contributed by atoms with Crippen LogP contribution in [0.4, 0.5) is 0 Å². The summed E-state index contributed by atoms with van der Waals surface area (Å²) in [6.45, 7) is 4.12. The number of nitrogens with zero attached hydrogens (tertiary/aromatic N) is 2. The Morgan fingerprint density at radius 3 is 2.75 bits per heavy atom. The highest BCUT2D eigenvalue weighted by atomic mass is 35.5. The molecule has 2 saturated heterocycles. The van der Waals surface area contributed by atoms with Crippen LogP contribution < -0.4 is 0 Å². The summed E-state index contributed by atoms with van der Waals surface area (Å²) in [4.78, 5) is 10.0. The molecule has 24 heavy (non-hydrogen) atoms. The number of likely N-dealkylation sites (tertiary alicyclic amines) is 1. The van der Waals surface area contributed by atoms with Crippen LogP contribution in [0.2, 0.25) is 5.02 Å². The molecule has 1 spiro atoms. The Kier molecular flexibility index (Phi) is 4.61. The number of nitrogens with one attached hydrogen (secondary N) is 1. The summed E-state index contributed by atoms with van der Waals surface area (Å²) >= 11 is 5.97. The second kappa shape index (κ2) is 6.87. The Bertz CT molecular complexity index is 648. The van der Waals surface area contributed by atoms with Gasteiger partial charge in [-0.25, -0.2) is 4.98 Å². The lowest BCUT2D eigenvalue weighted by atomic mass is 9.76. The van der Waals surface area contributed by atoms with Crippen LogP contribution in [0.3, 0.4) is 0 Å². The molecule has 3 heterocycles. The van der Waals surface area contributed by atoms with Crippen molar-refractivity contribution in [2.45, 2.75) is 38.3 Å². The maximum atomic E-state index is 6.15. The SMILES string of the molecule is Clc1ccc(C[C@@H]2CC3(CCN(Cc4ncc[nH]4)CC3)CO2)cc1. The highest BCUT2D eigenvalue weighted by Gasteiger charge is 2.42. The van der Waals surface area contributed by atoms with Crippen molar-refractivity contribution in [2.75, 3.05) is 19.7 Å². The van der Waals surface area contributed by atoms with Crippen molar-refractivity contribution >= 4 is 11.6 Å². The molecule has 0 amide bonds. The number of benzene rings is 1. The fourth-order valence-electron chi connectivity index (χ4n) is 4.04. The smallest absolute Gasteiger partial charge is 0.120 e. The van der Waals surface area contributed by atoms with E-state index < -0.39 is 0 Å². The molecule has 2 aromatic rings. The van der Waals surface area contributed by atoms with Crippen molar-refractivity contribution in [1.82, 2.24) is 14.9 Å². The lowest BCUT2D eigenvalue weighted by Gasteiger charge is -2.38. The van der Waals surface area contributed by atoms with Crippen LogP contribution in [0, 0.1) is 5.41 Å². The van der Waals surface area contributed by atoms with Crippen LogP contribution in [-0.4, -0.2) is 40.7 Å². The minimum atomic E-state index is 0.350. The van der Waals surface area contributed by atoms with Crippen molar-refractivity contribution in [2.24, 2.45) is 5.41 Å². The molecular weight excluding hydrogens is 322 g/mol. The van der Waals surface area contributed by atoms with Gasteiger partial charge in [0.2, 0.25) is 0 Å². The monoisotopic (exact) mass is 345 g/mol. The van der Waals surface area contributed by atoms with Gasteiger partial charge in [0.15, 0.2) is 0 Å². The molecule has 0 aliphatic carbocycles. The van der Waals surface area contributed by atoms with Crippen molar-refractivity contribution in [3.05, 3.63) is 53.1 Å². The molecule has 0 bridgehead atoms. The zero-order valence-electron chi connectivity index (χ0n) is 13.9. The quantitative estimate of drug-likeness (QED) is 0.919. The number of rotatable bonds is 4. The molecule has 4 rings (SSSR count). The molecule has 2 aliphatic heterocycles. The van der Waals surface area contributed by atoms with E-state index in [4.69, 9.17) is 16.3 Å². The number of halogens is 1. The van der Waals surface area contributed by atoms with Gasteiger partial charge in [-0.2, -0.15) is 0 Å². The standard InChI is InChI=1S/C19H24ClN3O/c20-16-3-1-15(2-4-16)11-17-12-19(14-24-17)5-9-23(10-6-19)13-18-21-7-8-22-18/h1-4,7-8,17H,5-6,9-14H2,(H,21,22)/t17-/m1/s1. The zero-order valence-corrected chi connectivity index (χ0v) is 14.6. The second-order valence-electron chi connectivity index (χ2n) is 7.28. The average Bonchev–Trinajstić information content (AvgIpc) is 3.23. The van der Waals surface area contributed by atoms with Gasteiger partial charge < -0.3 is 9.72 Å². The molecule has 0 saturated carbocycles. The van der Waals surface area contributed by atoms with Crippen LogP contribution in [0.1, 0.15) is 30.7 Å². The summed E-state index contributed by atoms with van der Waals surface area (Å²) in [7, 11) is 0. The first-order chi connectivity index (χ1) is 11.7. The summed E-state index contributed by atoms with van der Waals surface area (Å²) in [6, 6.07) is 8.16. The number of hydrogen-bond acceptors (Lipinski definition) is 3. The molecule has 2 aliphatic rings. The predicted molar refractivity (Wildman–Crippen MR) is 95.0 cm³/mol. The van der Waals surface area contributed by atoms with Crippen LogP contribution in [0.5, 0.6) is 0 Å². The Labute approximate surface area is 148 Å². The third kappa shape index (κ3) is 3.66. The van der Waals surface area contributed by atoms with Gasteiger partial charge in [0.1, 0.15) is 5.82 Å². The second-order valence-corrected chi connectivity index (χ2v) is 7.72. The summed E-state index contributed by atoms with van der Waals surface area (Å²) < 4.78 is 6.15. The van der Waals surface area contributed by atoms with Crippen molar-refractivity contribution < 1.29 is 4.74 Å². The molecule has 128 valence electrons. The third-order valence-corrected chi connectivity index (χ3v) is 5.76. The van der Waals surface area contributed by atoms with Crippen LogP contribution in [0.15, 0.2) is 36.7 Å². The van der Waals surface area contributed by atoms with E-state index in [9.17, 15) is 0 Å². The number of piperidine rings is 1. The minimum absolute atomic E-state index is 0.350. The first-order valence-electron chi connectivity index (χ1n) is 8.78. The van der Waals surface area contributed by atoms with Crippen LogP contribution in [-0.2, 0) is 17.7 Å². The van der Waals surface area contributed by atoms with Crippen LogP contribution >= 0.6 is 11.6 Å². The Hall–Kier alpha value is -1.36. The van der Waals surface area contributed by atoms with E-state index in [1.807, 2.05) is 24.5 Å². The van der Waals surface area contributed by atoms with Gasteiger partial charge in [0.25, 0.3) is 0 Å². The summed E-state index contributed by atoms with van der Waals surface area (Å²) in [5.74, 6) is 1.06. The highest BCUT2D eigenvalue weighted by Crippen LogP contribution is 2.42. The molecule has 0 unspecified atom stereocenters. The largest absolute Gasteiger partial charge is 0.377 e. The molecular formula is C19H24ClN3O. The topological polar surface area (TPSA) is 41.2 Å². The fraction of sp³-hybridized carbons (Fsp3) is 0.526. The van der Waals surface area contributed by atoms with E-state index in [0.717, 1.165) is 43.5 Å². The number of hydrogen-bond donors (Lipinski definition) is 1. The number of H-pyrrole nitrogens is 1. The lowest BCUT2D eigenvalue weighted by Crippen LogP contribution is -2.40. The summed E-state index contributed by atoms with van der Waals surface area (Å²) in [5, 5.41) is 0.798. The van der Waals surface area contributed by atoms with E-state index in [1.54, 1.807) is 0 Å². The Balaban J connectivity index is 1.29. The molecule has 1 atom stereocenters. The maximum absolute atomic E-state index is 6.15. The molecule has 2 fully saturated rings. The van der Waals surface area contributed by atoms with Gasteiger partial charge in [0.05, 0.1) is 19.3 Å². The van der Waals surface area contributed by atoms with Gasteiger partial charge in [-0.15, -0.1) is 0 Å². The minimum Gasteiger partial charge on any atom is -0.377 e. The first kappa shape index (κ1) is 16.1. The maximum Gasteiger partial charge on any atom is 0.120 e. The lowest BCUT2D eigenvalue weighted by molar-refractivity contribution is 0.0625. The Morgan fingerprint density at radius 2 is 2.04 bits per heavy atom. The van der Waals surface area contributed by atoms with Gasteiger partial charge >= 0.3 is 0 Å². The number of imidazole rings is 1. The molecule has 4 nitrogen and oxygen atoms in total. The van der Waals surface area contributed by atoms with E-state index in [2.05, 4.69) is 27.0 Å². The summed E-state index contributed by atoms with van der Waals surface area (Å²) in [5.41, 5.74) is 1.70. The highest BCUT2D eigenvalue weighted by molar-refractivity contribution is 6.30. The van der Waals surface area contributed by atoms with Gasteiger partial charge in [-0.1, -0.05) is 23.7 Å². The number of aromatic amines is 1. The van der Waals surface area contributed by atoms with Gasteiger partial charge in [-0.05, 0) is 61.9 Å². The molecule has 1 aromatic carbocycles.